The topological polar surface area (TPSA) is 37.3 Å². The van der Waals surface area contributed by atoms with Crippen molar-refractivity contribution in [1.29, 1.82) is 0 Å². The van der Waals surface area contributed by atoms with Gasteiger partial charge in [0.05, 0.1) is 5.92 Å². The Bertz CT molecular complexity index is 1210. The Morgan fingerprint density at radius 2 is 1.75 bits per heavy atom. The zero-order valence-electron chi connectivity index (χ0n) is 20.5. The summed E-state index contributed by atoms with van der Waals surface area (Å²) in [6.45, 7) is 4.15. The van der Waals surface area contributed by atoms with Crippen LogP contribution in [0.4, 0.5) is 13.2 Å². The van der Waals surface area contributed by atoms with Gasteiger partial charge in [-0.2, -0.15) is 13.2 Å². The van der Waals surface area contributed by atoms with E-state index in [-0.39, 0.29) is 18.7 Å². The lowest BCUT2D eigenvalue weighted by Crippen LogP contribution is -2.38. The van der Waals surface area contributed by atoms with E-state index >= 15 is 0 Å². The fourth-order valence-corrected chi connectivity index (χ4v) is 5.78. The molecule has 3 aromatic rings. The largest absolute Gasteiger partial charge is 0.391 e. The normalized spacial score (nSPS) is 17.6. The Hall–Kier alpha value is -2.45. The monoisotopic (exact) mass is 515 g/mol. The van der Waals surface area contributed by atoms with Gasteiger partial charge in [-0.3, -0.25) is 9.69 Å². The highest BCUT2D eigenvalue weighted by Crippen LogP contribution is 2.41. The molecule has 192 valence electrons. The van der Waals surface area contributed by atoms with E-state index < -0.39 is 12.1 Å². The van der Waals surface area contributed by atoms with E-state index in [0.29, 0.717) is 37.8 Å². The summed E-state index contributed by atoms with van der Waals surface area (Å²) in [6, 6.07) is 16.6. The molecule has 2 aliphatic rings. The number of carbonyl (C=O) groups is 1. The molecule has 8 heteroatoms. The summed E-state index contributed by atoms with van der Waals surface area (Å²) in [6.07, 6.45) is -1.53. The third-order valence-electron chi connectivity index (χ3n) is 7.22. The second-order valence-electron chi connectivity index (χ2n) is 9.86. The Morgan fingerprint density at radius 3 is 2.39 bits per heavy atom. The van der Waals surface area contributed by atoms with Crippen LogP contribution in [0.1, 0.15) is 60.3 Å². The second-order valence-corrected chi connectivity index (χ2v) is 11.2. The minimum Gasteiger partial charge on any atom is -0.348 e. The molecule has 1 amide bonds. The second kappa shape index (κ2) is 10.5. The molecule has 2 aromatic carbocycles. The van der Waals surface area contributed by atoms with E-state index in [1.54, 1.807) is 11.8 Å². The van der Waals surface area contributed by atoms with E-state index in [0.717, 1.165) is 40.8 Å². The van der Waals surface area contributed by atoms with Crippen molar-refractivity contribution < 1.29 is 18.0 Å². The maximum Gasteiger partial charge on any atom is 0.391 e. The smallest absolute Gasteiger partial charge is 0.348 e. The molecule has 1 saturated heterocycles. The van der Waals surface area contributed by atoms with E-state index in [2.05, 4.69) is 39.9 Å². The van der Waals surface area contributed by atoms with Gasteiger partial charge in [0, 0.05) is 46.2 Å². The molecule has 1 saturated carbocycles. The SMILES string of the molecule is CCSc1ccc(CNC(=O)c2ccc3c(c2)cc(CN2CCC(C(F)(F)F)CC2)n3C2CC2)cc1. The fraction of sp³-hybridized carbons (Fsp3) is 0.464. The van der Waals surface area contributed by atoms with E-state index in [4.69, 9.17) is 0 Å². The molecule has 1 aromatic heterocycles. The van der Waals surface area contributed by atoms with Crippen LogP contribution >= 0.6 is 11.8 Å². The number of hydrogen-bond donors (Lipinski definition) is 1. The molecular weight excluding hydrogens is 483 g/mol. The van der Waals surface area contributed by atoms with Crippen molar-refractivity contribution in [2.45, 2.75) is 62.8 Å². The molecule has 1 aliphatic carbocycles. The summed E-state index contributed by atoms with van der Waals surface area (Å²) in [7, 11) is 0. The Labute approximate surface area is 214 Å². The van der Waals surface area contributed by atoms with Gasteiger partial charge in [0.2, 0.25) is 0 Å². The Balaban J connectivity index is 1.27. The van der Waals surface area contributed by atoms with Gasteiger partial charge in [-0.25, -0.2) is 0 Å². The Morgan fingerprint density at radius 1 is 1.03 bits per heavy atom. The Kier molecular flexibility index (Phi) is 7.35. The highest BCUT2D eigenvalue weighted by molar-refractivity contribution is 7.99. The molecule has 0 unspecified atom stereocenters. The minimum atomic E-state index is -4.09. The number of nitrogens with one attached hydrogen (secondary N) is 1. The summed E-state index contributed by atoms with van der Waals surface area (Å²) >= 11 is 1.79. The van der Waals surface area contributed by atoms with Crippen LogP contribution in [-0.2, 0) is 13.1 Å². The third-order valence-corrected chi connectivity index (χ3v) is 8.11. The molecule has 0 spiro atoms. The summed E-state index contributed by atoms with van der Waals surface area (Å²) in [5.74, 6) is -0.268. The van der Waals surface area contributed by atoms with Gasteiger partial charge in [-0.15, -0.1) is 11.8 Å². The molecule has 0 atom stereocenters. The number of hydrogen-bond acceptors (Lipinski definition) is 3. The number of nitrogens with zero attached hydrogens (tertiary/aromatic N) is 2. The number of halogens is 3. The summed E-state index contributed by atoms with van der Waals surface area (Å²) < 4.78 is 41.5. The van der Waals surface area contributed by atoms with Gasteiger partial charge in [-0.1, -0.05) is 19.1 Å². The van der Waals surface area contributed by atoms with Gasteiger partial charge in [-0.05, 0) is 86.5 Å². The van der Waals surface area contributed by atoms with Crippen molar-refractivity contribution in [3.63, 3.8) is 0 Å². The van der Waals surface area contributed by atoms with Crippen LogP contribution in [0, 0.1) is 5.92 Å². The van der Waals surface area contributed by atoms with Crippen LogP contribution in [0.25, 0.3) is 10.9 Å². The molecule has 4 nitrogen and oxygen atoms in total. The summed E-state index contributed by atoms with van der Waals surface area (Å²) in [4.78, 5) is 16.2. The summed E-state index contributed by atoms with van der Waals surface area (Å²) in [5.41, 5.74) is 3.89. The maximum absolute atomic E-state index is 13.1. The lowest BCUT2D eigenvalue weighted by Gasteiger charge is -2.33. The van der Waals surface area contributed by atoms with Crippen molar-refractivity contribution in [3.05, 3.63) is 65.4 Å². The van der Waals surface area contributed by atoms with E-state index in [1.807, 2.05) is 30.3 Å². The number of alkyl halides is 3. The number of amides is 1. The lowest BCUT2D eigenvalue weighted by molar-refractivity contribution is -0.185. The van der Waals surface area contributed by atoms with Crippen LogP contribution in [0.3, 0.4) is 0 Å². The number of piperidine rings is 1. The highest BCUT2D eigenvalue weighted by Gasteiger charge is 2.41. The quantitative estimate of drug-likeness (QED) is 0.336. The van der Waals surface area contributed by atoms with Crippen LogP contribution in [0.15, 0.2) is 53.4 Å². The molecule has 0 bridgehead atoms. The molecule has 1 N–H and O–H groups in total. The van der Waals surface area contributed by atoms with Crippen LogP contribution < -0.4 is 5.32 Å². The van der Waals surface area contributed by atoms with Crippen LogP contribution in [-0.4, -0.2) is 40.4 Å². The van der Waals surface area contributed by atoms with Crippen molar-refractivity contribution in [1.82, 2.24) is 14.8 Å². The average molecular weight is 516 g/mol. The maximum atomic E-state index is 13.1. The molecule has 5 rings (SSSR count). The average Bonchev–Trinajstić information content (AvgIpc) is 3.63. The first kappa shape index (κ1) is 25.2. The molecule has 36 heavy (non-hydrogen) atoms. The van der Waals surface area contributed by atoms with E-state index in [9.17, 15) is 18.0 Å². The lowest BCUT2D eigenvalue weighted by atomic mass is 9.96. The van der Waals surface area contributed by atoms with Crippen molar-refractivity contribution in [2.24, 2.45) is 5.92 Å². The highest BCUT2D eigenvalue weighted by atomic mass is 32.2. The van der Waals surface area contributed by atoms with Crippen LogP contribution in [0.5, 0.6) is 0 Å². The van der Waals surface area contributed by atoms with Gasteiger partial charge in [0.25, 0.3) is 5.91 Å². The molecule has 1 aliphatic heterocycles. The van der Waals surface area contributed by atoms with Gasteiger partial charge in [0.15, 0.2) is 0 Å². The van der Waals surface area contributed by atoms with Crippen molar-refractivity contribution in [2.75, 3.05) is 18.8 Å². The zero-order chi connectivity index (χ0) is 25.3. The molecular formula is C28H32F3N3OS. The van der Waals surface area contributed by atoms with Crippen molar-refractivity contribution in [3.8, 4) is 0 Å². The fourth-order valence-electron chi connectivity index (χ4n) is 5.12. The van der Waals surface area contributed by atoms with Gasteiger partial charge in [0.1, 0.15) is 0 Å². The number of rotatable bonds is 8. The first-order valence-corrected chi connectivity index (χ1v) is 13.7. The first-order chi connectivity index (χ1) is 17.3. The van der Waals surface area contributed by atoms with Gasteiger partial charge >= 0.3 is 6.18 Å². The molecule has 2 fully saturated rings. The van der Waals surface area contributed by atoms with Crippen LogP contribution in [0.2, 0.25) is 0 Å². The zero-order valence-corrected chi connectivity index (χ0v) is 21.3. The van der Waals surface area contributed by atoms with Gasteiger partial charge < -0.3 is 9.88 Å². The predicted octanol–water partition coefficient (Wildman–Crippen LogP) is 6.79. The minimum absolute atomic E-state index is 0.112. The third kappa shape index (κ3) is 5.75. The number of benzene rings is 2. The number of thioether (sulfide) groups is 1. The van der Waals surface area contributed by atoms with E-state index in [1.165, 1.54) is 4.90 Å². The number of carbonyl (C=O) groups excluding carboxylic acids is 1. The number of likely N-dealkylation sites (tertiary alicyclic amines) is 1. The van der Waals surface area contributed by atoms with Crippen molar-refractivity contribution >= 4 is 28.6 Å². The number of aromatic nitrogens is 1. The standard InChI is InChI=1S/C28H32F3N3OS/c1-2-36-25-8-3-19(4-9-25)17-32-27(35)20-5-10-26-21(15-20)16-24(34(26)23-6-7-23)18-33-13-11-22(12-14-33)28(29,30)31/h3-5,8-10,15-16,22-23H,2,6-7,11-14,17-18H2,1H3,(H,32,35). The predicted molar refractivity (Wildman–Crippen MR) is 138 cm³/mol. The molecule has 2 heterocycles. The molecule has 0 radical (unpaired) electrons. The summed E-state index contributed by atoms with van der Waals surface area (Å²) in [5, 5.41) is 4.03. The first-order valence-electron chi connectivity index (χ1n) is 12.7. The number of fused-ring (bicyclic) bond motifs is 1.